The molecule has 7 nitrogen and oxygen atoms in total. The minimum absolute atomic E-state index is 0.0482. The number of ether oxygens (including phenoxy) is 3. The van der Waals surface area contributed by atoms with E-state index in [2.05, 4.69) is 0 Å². The second-order valence-corrected chi connectivity index (χ2v) is 3.60. The van der Waals surface area contributed by atoms with E-state index in [9.17, 15) is 14.7 Å². The lowest BCUT2D eigenvalue weighted by Crippen LogP contribution is -2.44. The summed E-state index contributed by atoms with van der Waals surface area (Å²) < 4.78 is 14.3. The van der Waals surface area contributed by atoms with Crippen LogP contribution in [0.2, 0.25) is 0 Å². The third-order valence-corrected chi connectivity index (χ3v) is 2.29. The molecule has 7 heteroatoms. The zero-order valence-corrected chi connectivity index (χ0v) is 8.79. The Morgan fingerprint density at radius 3 is 3.00 bits per heavy atom. The van der Waals surface area contributed by atoms with Crippen LogP contribution in [0.1, 0.15) is 12.8 Å². The van der Waals surface area contributed by atoms with Gasteiger partial charge in [0.1, 0.15) is 6.04 Å². The molecule has 2 aliphatic heterocycles. The minimum atomic E-state index is -2.43. The van der Waals surface area contributed by atoms with Gasteiger partial charge in [-0.2, -0.15) is 0 Å². The van der Waals surface area contributed by atoms with Crippen molar-refractivity contribution in [3.8, 4) is 0 Å². The molecule has 0 radical (unpaired) electrons. The minimum Gasteiger partial charge on any atom is -0.432 e. The summed E-state index contributed by atoms with van der Waals surface area (Å²) in [5.74, 6) is -4.22. The summed E-state index contributed by atoms with van der Waals surface area (Å²) >= 11 is 0. The molecule has 0 aliphatic carbocycles. The van der Waals surface area contributed by atoms with Crippen LogP contribution < -0.4 is 5.73 Å². The zero-order valence-electron chi connectivity index (χ0n) is 8.79. The van der Waals surface area contributed by atoms with E-state index in [1.807, 2.05) is 0 Å². The number of aliphatic hydroxyl groups is 1. The summed E-state index contributed by atoms with van der Waals surface area (Å²) in [6.45, 7) is 0. The van der Waals surface area contributed by atoms with Crippen LogP contribution in [0.25, 0.3) is 0 Å². The van der Waals surface area contributed by atoms with Crippen LogP contribution in [-0.4, -0.2) is 29.1 Å². The number of hydrogen-bond donors (Lipinski definition) is 2. The average Bonchev–Trinajstić information content (AvgIpc) is 2.31. The van der Waals surface area contributed by atoms with Gasteiger partial charge < -0.3 is 25.1 Å². The molecule has 0 bridgehead atoms. The van der Waals surface area contributed by atoms with Gasteiger partial charge in [0.15, 0.2) is 0 Å². The fourth-order valence-electron chi connectivity index (χ4n) is 1.37. The highest BCUT2D eigenvalue weighted by Crippen LogP contribution is 2.27. The Hall–Kier alpha value is -1.86. The van der Waals surface area contributed by atoms with Crippen molar-refractivity contribution in [2.45, 2.75) is 24.9 Å². The van der Waals surface area contributed by atoms with Crippen molar-refractivity contribution < 1.29 is 28.9 Å². The molecule has 2 rings (SSSR count). The number of hydrogen-bond acceptors (Lipinski definition) is 7. The van der Waals surface area contributed by atoms with Gasteiger partial charge >= 0.3 is 17.9 Å². The lowest BCUT2D eigenvalue weighted by molar-refractivity contribution is -0.312. The highest BCUT2D eigenvalue weighted by atomic mass is 16.8. The third kappa shape index (κ3) is 2.29. The molecule has 0 aromatic rings. The van der Waals surface area contributed by atoms with Gasteiger partial charge in [0.2, 0.25) is 5.76 Å². The third-order valence-electron chi connectivity index (χ3n) is 2.29. The van der Waals surface area contributed by atoms with E-state index >= 15 is 0 Å². The Bertz CT molecular complexity index is 415. The van der Waals surface area contributed by atoms with E-state index in [0.717, 1.165) is 6.26 Å². The fraction of sp³-hybridized carbons (Fsp3) is 0.400. The van der Waals surface area contributed by atoms with Gasteiger partial charge in [-0.3, -0.25) is 9.59 Å². The average molecular weight is 241 g/mol. The highest BCUT2D eigenvalue weighted by molar-refractivity contribution is 5.78. The molecule has 3 N–H and O–H groups in total. The van der Waals surface area contributed by atoms with E-state index in [1.54, 1.807) is 0 Å². The molecule has 2 atom stereocenters. The van der Waals surface area contributed by atoms with Crippen LogP contribution in [-0.2, 0) is 23.8 Å². The van der Waals surface area contributed by atoms with E-state index in [0.29, 0.717) is 0 Å². The van der Waals surface area contributed by atoms with Crippen LogP contribution in [0.15, 0.2) is 24.2 Å². The second kappa shape index (κ2) is 4.19. The van der Waals surface area contributed by atoms with Crippen LogP contribution in [0.5, 0.6) is 0 Å². The van der Waals surface area contributed by atoms with Crippen molar-refractivity contribution in [2.75, 3.05) is 0 Å². The number of carbonyl (C=O) groups is 2. The molecule has 0 aromatic carbocycles. The number of nitrogens with two attached hydrogens (primary N) is 1. The SMILES string of the molecule is N[C@@H]1CCC(=O)OC2=CC=COC2(O)OC1=O. The number of carbonyl (C=O) groups excluding carboxylic acids is 2. The maximum Gasteiger partial charge on any atom is 0.435 e. The topological polar surface area (TPSA) is 108 Å². The lowest BCUT2D eigenvalue weighted by atomic mass is 10.2. The summed E-state index contributed by atoms with van der Waals surface area (Å²) in [4.78, 5) is 22.8. The standard InChI is InChI=1S/C10H11NO6/c11-6-3-4-8(12)16-7-2-1-5-15-10(7,14)17-9(6)13/h1-2,5-6,14H,3-4,11H2/t6-,10?/m1/s1. The number of esters is 2. The molecule has 0 aromatic heterocycles. The van der Waals surface area contributed by atoms with Gasteiger partial charge in [-0.15, -0.1) is 0 Å². The first-order valence-corrected chi connectivity index (χ1v) is 4.98. The van der Waals surface area contributed by atoms with E-state index < -0.39 is 24.0 Å². The highest BCUT2D eigenvalue weighted by Gasteiger charge is 2.44. The molecule has 1 fully saturated rings. The van der Waals surface area contributed by atoms with Crippen LogP contribution >= 0.6 is 0 Å². The number of fused-ring (bicyclic) bond motifs is 1. The van der Waals surface area contributed by atoms with Crippen LogP contribution in [0.3, 0.4) is 0 Å². The Morgan fingerprint density at radius 2 is 2.24 bits per heavy atom. The molecule has 2 heterocycles. The van der Waals surface area contributed by atoms with E-state index in [4.69, 9.17) is 19.9 Å². The molecule has 92 valence electrons. The molecular weight excluding hydrogens is 230 g/mol. The zero-order chi connectivity index (χ0) is 12.5. The smallest absolute Gasteiger partial charge is 0.432 e. The van der Waals surface area contributed by atoms with E-state index in [1.165, 1.54) is 12.2 Å². The molecule has 17 heavy (non-hydrogen) atoms. The first-order chi connectivity index (χ1) is 8.01. The Morgan fingerprint density at radius 1 is 1.47 bits per heavy atom. The summed E-state index contributed by atoms with van der Waals surface area (Å²) in [6.07, 6.45) is 3.80. The quantitative estimate of drug-likeness (QED) is 0.538. The molecule has 0 saturated carbocycles. The summed E-state index contributed by atoms with van der Waals surface area (Å²) in [7, 11) is 0. The maximum absolute atomic E-state index is 11.5. The van der Waals surface area contributed by atoms with Gasteiger partial charge in [-0.05, 0) is 18.6 Å². The predicted octanol–water partition coefficient (Wildman–Crippen LogP) is -0.732. The lowest BCUT2D eigenvalue weighted by Gasteiger charge is -2.28. The molecule has 0 spiro atoms. The first-order valence-electron chi connectivity index (χ1n) is 4.98. The van der Waals surface area contributed by atoms with Crippen molar-refractivity contribution in [3.63, 3.8) is 0 Å². The Balaban J connectivity index is 2.32. The Kier molecular flexibility index (Phi) is 2.86. The normalized spacial score (nSPS) is 33.1. The van der Waals surface area contributed by atoms with Crippen molar-refractivity contribution >= 4 is 11.9 Å². The van der Waals surface area contributed by atoms with Gasteiger partial charge in [0.25, 0.3) is 0 Å². The maximum atomic E-state index is 11.5. The second-order valence-electron chi connectivity index (χ2n) is 3.60. The molecule has 0 amide bonds. The Labute approximate surface area is 96.4 Å². The fourth-order valence-corrected chi connectivity index (χ4v) is 1.37. The van der Waals surface area contributed by atoms with E-state index in [-0.39, 0.29) is 18.6 Å². The van der Waals surface area contributed by atoms with Gasteiger partial charge in [0, 0.05) is 6.42 Å². The van der Waals surface area contributed by atoms with Gasteiger partial charge in [-0.25, -0.2) is 0 Å². The van der Waals surface area contributed by atoms with Gasteiger partial charge in [-0.1, -0.05) is 0 Å². The van der Waals surface area contributed by atoms with Crippen molar-refractivity contribution in [1.82, 2.24) is 0 Å². The summed E-state index contributed by atoms with van der Waals surface area (Å²) in [5.41, 5.74) is 5.47. The van der Waals surface area contributed by atoms with Crippen molar-refractivity contribution in [3.05, 3.63) is 24.2 Å². The van der Waals surface area contributed by atoms with Crippen molar-refractivity contribution in [1.29, 1.82) is 0 Å². The molecule has 1 unspecified atom stereocenters. The van der Waals surface area contributed by atoms with Gasteiger partial charge in [0.05, 0.1) is 6.26 Å². The molecule has 2 aliphatic rings. The predicted molar refractivity (Wildman–Crippen MR) is 52.7 cm³/mol. The molecular formula is C10H11NO6. The monoisotopic (exact) mass is 241 g/mol. The summed E-state index contributed by atoms with van der Waals surface area (Å²) in [5, 5.41) is 9.91. The van der Waals surface area contributed by atoms with Crippen LogP contribution in [0, 0.1) is 0 Å². The first kappa shape index (κ1) is 11.6. The number of rotatable bonds is 0. The number of allylic oxidation sites excluding steroid dienone is 2. The summed E-state index contributed by atoms with van der Waals surface area (Å²) in [6, 6.07) is -1.01. The largest absolute Gasteiger partial charge is 0.435 e. The van der Waals surface area contributed by atoms with Crippen molar-refractivity contribution in [2.24, 2.45) is 5.73 Å². The van der Waals surface area contributed by atoms with Crippen LogP contribution in [0.4, 0.5) is 0 Å². The molecule has 1 saturated heterocycles.